The molecule has 5 nitrogen and oxygen atoms in total. The van der Waals surface area contributed by atoms with Crippen molar-refractivity contribution in [3.8, 4) is 0 Å². The SMILES string of the molecule is CC(C)(NC(=O)c1ccn(C(C)(C)C)c1)C(=O)O. The van der Waals surface area contributed by atoms with Crippen molar-refractivity contribution in [3.63, 3.8) is 0 Å². The van der Waals surface area contributed by atoms with Crippen LogP contribution in [0.4, 0.5) is 0 Å². The molecule has 5 heteroatoms. The molecule has 1 aromatic rings. The van der Waals surface area contributed by atoms with Crippen molar-refractivity contribution in [2.45, 2.75) is 45.7 Å². The molecule has 1 rings (SSSR count). The summed E-state index contributed by atoms with van der Waals surface area (Å²) >= 11 is 0. The van der Waals surface area contributed by atoms with Crippen LogP contribution in [0.25, 0.3) is 0 Å². The smallest absolute Gasteiger partial charge is 0.328 e. The molecule has 1 heterocycles. The van der Waals surface area contributed by atoms with Gasteiger partial charge in [0.1, 0.15) is 5.54 Å². The summed E-state index contributed by atoms with van der Waals surface area (Å²) in [5, 5.41) is 11.4. The van der Waals surface area contributed by atoms with Crippen LogP contribution >= 0.6 is 0 Å². The molecular formula is C13H20N2O3. The van der Waals surface area contributed by atoms with Crippen LogP contribution in [0.15, 0.2) is 18.5 Å². The number of carbonyl (C=O) groups is 2. The number of hydrogen-bond acceptors (Lipinski definition) is 2. The quantitative estimate of drug-likeness (QED) is 0.862. The lowest BCUT2D eigenvalue weighted by Gasteiger charge is -2.22. The predicted octanol–water partition coefficient (Wildman–Crippen LogP) is 1.84. The van der Waals surface area contributed by atoms with Gasteiger partial charge in [0.2, 0.25) is 0 Å². The van der Waals surface area contributed by atoms with Crippen LogP contribution in [0.2, 0.25) is 0 Å². The van der Waals surface area contributed by atoms with Gasteiger partial charge in [0.25, 0.3) is 5.91 Å². The zero-order chi connectivity index (χ0) is 14.1. The van der Waals surface area contributed by atoms with Crippen molar-refractivity contribution in [2.24, 2.45) is 0 Å². The lowest BCUT2D eigenvalue weighted by Crippen LogP contribution is -2.49. The number of nitrogens with one attached hydrogen (secondary N) is 1. The Bertz CT molecular complexity index is 467. The van der Waals surface area contributed by atoms with E-state index >= 15 is 0 Å². The summed E-state index contributed by atoms with van der Waals surface area (Å²) in [5.74, 6) is -1.45. The summed E-state index contributed by atoms with van der Waals surface area (Å²) in [7, 11) is 0. The minimum Gasteiger partial charge on any atom is -0.480 e. The minimum absolute atomic E-state index is 0.110. The molecule has 100 valence electrons. The van der Waals surface area contributed by atoms with Crippen LogP contribution in [0.3, 0.4) is 0 Å². The third kappa shape index (κ3) is 3.12. The molecule has 0 spiro atoms. The van der Waals surface area contributed by atoms with E-state index in [0.717, 1.165) is 0 Å². The molecule has 0 radical (unpaired) electrons. The summed E-state index contributed by atoms with van der Waals surface area (Å²) in [6.07, 6.45) is 3.52. The lowest BCUT2D eigenvalue weighted by molar-refractivity contribution is -0.143. The van der Waals surface area contributed by atoms with Crippen LogP contribution in [-0.2, 0) is 10.3 Å². The van der Waals surface area contributed by atoms with Crippen LogP contribution in [0.1, 0.15) is 45.0 Å². The van der Waals surface area contributed by atoms with E-state index in [1.165, 1.54) is 13.8 Å². The van der Waals surface area contributed by atoms with Crippen LogP contribution in [0.5, 0.6) is 0 Å². The van der Waals surface area contributed by atoms with Gasteiger partial charge in [0, 0.05) is 17.9 Å². The Kier molecular flexibility index (Phi) is 3.55. The minimum atomic E-state index is -1.28. The zero-order valence-corrected chi connectivity index (χ0v) is 11.4. The van der Waals surface area contributed by atoms with Crippen molar-refractivity contribution >= 4 is 11.9 Å². The van der Waals surface area contributed by atoms with Gasteiger partial charge in [0.15, 0.2) is 0 Å². The number of carbonyl (C=O) groups excluding carboxylic acids is 1. The second-order valence-corrected chi connectivity index (χ2v) is 5.86. The summed E-state index contributed by atoms with van der Waals surface area (Å²) in [5.41, 5.74) is -0.930. The van der Waals surface area contributed by atoms with Crippen LogP contribution < -0.4 is 5.32 Å². The number of nitrogens with zero attached hydrogens (tertiary/aromatic N) is 1. The molecule has 0 bridgehead atoms. The summed E-state index contributed by atoms with van der Waals surface area (Å²) < 4.78 is 1.91. The van der Waals surface area contributed by atoms with E-state index in [-0.39, 0.29) is 11.4 Å². The van der Waals surface area contributed by atoms with E-state index in [9.17, 15) is 9.59 Å². The Labute approximate surface area is 107 Å². The molecule has 18 heavy (non-hydrogen) atoms. The highest BCUT2D eigenvalue weighted by molar-refractivity contribution is 5.97. The van der Waals surface area contributed by atoms with Gasteiger partial charge in [0.05, 0.1) is 5.56 Å². The first-order valence-electron chi connectivity index (χ1n) is 5.78. The van der Waals surface area contributed by atoms with Crippen LogP contribution in [0, 0.1) is 0 Å². The number of hydrogen-bond donors (Lipinski definition) is 2. The average Bonchev–Trinajstić information content (AvgIpc) is 2.64. The number of rotatable bonds is 3. The van der Waals surface area contributed by atoms with E-state index in [2.05, 4.69) is 5.32 Å². The fourth-order valence-electron chi connectivity index (χ4n) is 1.36. The van der Waals surface area contributed by atoms with Crippen molar-refractivity contribution in [3.05, 3.63) is 24.0 Å². The molecule has 0 saturated heterocycles. The van der Waals surface area contributed by atoms with Gasteiger partial charge in [-0.25, -0.2) is 4.79 Å². The molecule has 0 unspecified atom stereocenters. The van der Waals surface area contributed by atoms with Gasteiger partial charge in [-0.05, 0) is 40.7 Å². The highest BCUT2D eigenvalue weighted by atomic mass is 16.4. The third-order valence-electron chi connectivity index (χ3n) is 2.69. The molecule has 0 aliphatic carbocycles. The third-order valence-corrected chi connectivity index (χ3v) is 2.69. The predicted molar refractivity (Wildman–Crippen MR) is 68.6 cm³/mol. The Morgan fingerprint density at radius 2 is 1.78 bits per heavy atom. The molecule has 2 N–H and O–H groups in total. The number of aliphatic carboxylic acids is 1. The van der Waals surface area contributed by atoms with Gasteiger partial charge >= 0.3 is 5.97 Å². The Morgan fingerprint density at radius 3 is 2.17 bits per heavy atom. The van der Waals surface area contributed by atoms with Gasteiger partial charge in [-0.2, -0.15) is 0 Å². The second-order valence-electron chi connectivity index (χ2n) is 5.86. The fraction of sp³-hybridized carbons (Fsp3) is 0.538. The van der Waals surface area contributed by atoms with E-state index in [4.69, 9.17) is 5.11 Å². The molecule has 0 aromatic carbocycles. The van der Waals surface area contributed by atoms with Crippen molar-refractivity contribution in [1.82, 2.24) is 9.88 Å². The molecule has 0 aliphatic heterocycles. The average molecular weight is 252 g/mol. The summed E-state index contributed by atoms with van der Waals surface area (Å²) in [6.45, 7) is 8.98. The molecule has 0 saturated carbocycles. The zero-order valence-electron chi connectivity index (χ0n) is 11.4. The first-order valence-corrected chi connectivity index (χ1v) is 5.78. The summed E-state index contributed by atoms with van der Waals surface area (Å²) in [4.78, 5) is 22.8. The van der Waals surface area contributed by atoms with Crippen molar-refractivity contribution < 1.29 is 14.7 Å². The number of carboxylic acid groups (broad SMARTS) is 1. The lowest BCUT2D eigenvalue weighted by atomic mass is 10.1. The maximum Gasteiger partial charge on any atom is 0.328 e. The normalized spacial score (nSPS) is 12.3. The maximum atomic E-state index is 11.9. The molecule has 1 aromatic heterocycles. The standard InChI is InChI=1S/C13H20N2O3/c1-12(2,3)15-7-6-9(8-15)10(16)14-13(4,5)11(17)18/h6-8H,1-5H3,(H,14,16)(H,17,18). The van der Waals surface area contributed by atoms with Crippen LogP contribution in [-0.4, -0.2) is 27.1 Å². The summed E-state index contributed by atoms with van der Waals surface area (Å²) in [6, 6.07) is 1.68. The topological polar surface area (TPSA) is 71.3 Å². The molecule has 0 aliphatic rings. The van der Waals surface area contributed by atoms with E-state index < -0.39 is 11.5 Å². The highest BCUT2D eigenvalue weighted by Gasteiger charge is 2.29. The highest BCUT2D eigenvalue weighted by Crippen LogP contribution is 2.16. The Morgan fingerprint density at radius 1 is 1.22 bits per heavy atom. The largest absolute Gasteiger partial charge is 0.480 e. The maximum absolute atomic E-state index is 11.9. The number of aromatic nitrogens is 1. The number of carboxylic acids is 1. The molecule has 0 atom stereocenters. The van der Waals surface area contributed by atoms with Crippen molar-refractivity contribution in [1.29, 1.82) is 0 Å². The Balaban J connectivity index is 2.87. The second kappa shape index (κ2) is 4.48. The molecule has 0 fully saturated rings. The van der Waals surface area contributed by atoms with E-state index in [1.807, 2.05) is 31.5 Å². The van der Waals surface area contributed by atoms with Gasteiger partial charge in [-0.1, -0.05) is 0 Å². The molecule has 1 amide bonds. The first kappa shape index (κ1) is 14.3. The van der Waals surface area contributed by atoms with Gasteiger partial charge < -0.3 is 15.0 Å². The fourth-order valence-corrected chi connectivity index (χ4v) is 1.36. The van der Waals surface area contributed by atoms with Gasteiger partial charge in [-0.3, -0.25) is 4.79 Å². The number of amides is 1. The molecular weight excluding hydrogens is 232 g/mol. The van der Waals surface area contributed by atoms with Crippen molar-refractivity contribution in [2.75, 3.05) is 0 Å². The van der Waals surface area contributed by atoms with E-state index in [0.29, 0.717) is 5.56 Å². The Hall–Kier alpha value is -1.78. The monoisotopic (exact) mass is 252 g/mol. The van der Waals surface area contributed by atoms with E-state index in [1.54, 1.807) is 12.3 Å². The first-order chi connectivity index (χ1) is 8.04. The van der Waals surface area contributed by atoms with Gasteiger partial charge in [-0.15, -0.1) is 0 Å².